The first kappa shape index (κ1) is 18.2. The number of aromatic amines is 1. The van der Waals surface area contributed by atoms with Crippen molar-refractivity contribution < 1.29 is 10.2 Å². The number of benzene rings is 1. The quantitative estimate of drug-likeness (QED) is 0.662. The Kier molecular flexibility index (Phi) is 10.1. The van der Waals surface area contributed by atoms with Gasteiger partial charge in [-0.15, -0.1) is 5.10 Å². The fraction of sp³-hybridized carbons (Fsp3) is 0.429. The first-order chi connectivity index (χ1) is 9.65. The highest BCUT2D eigenvalue weighted by molar-refractivity contribution is 5.64. The van der Waals surface area contributed by atoms with Crippen molar-refractivity contribution >= 4 is 0 Å². The van der Waals surface area contributed by atoms with E-state index in [1.807, 2.05) is 31.2 Å². The van der Waals surface area contributed by atoms with E-state index in [0.717, 1.165) is 17.0 Å². The summed E-state index contributed by atoms with van der Waals surface area (Å²) in [6.07, 6.45) is 0. The number of hydrogen-bond acceptors (Lipinski definition) is 5. The Morgan fingerprint density at radius 2 is 1.70 bits per heavy atom. The van der Waals surface area contributed by atoms with E-state index in [4.69, 9.17) is 15.9 Å². The van der Waals surface area contributed by atoms with Crippen LogP contribution in [0.3, 0.4) is 0 Å². The second-order valence-electron chi connectivity index (χ2n) is 3.79. The number of rotatable bonds is 2. The van der Waals surface area contributed by atoms with Gasteiger partial charge >= 0.3 is 0 Å². The van der Waals surface area contributed by atoms with Crippen molar-refractivity contribution in [2.45, 2.75) is 27.3 Å². The van der Waals surface area contributed by atoms with Gasteiger partial charge in [0.1, 0.15) is 5.69 Å². The highest BCUT2D eigenvalue weighted by Crippen LogP contribution is 2.22. The van der Waals surface area contributed by atoms with Crippen molar-refractivity contribution in [2.24, 2.45) is 5.73 Å². The summed E-state index contributed by atoms with van der Waals surface area (Å²) < 4.78 is 0. The summed E-state index contributed by atoms with van der Waals surface area (Å²) in [5.74, 6) is 0. The number of nitrogens with zero attached hydrogens (tertiary/aromatic N) is 2. The third-order valence-electron chi connectivity index (χ3n) is 2.23. The van der Waals surface area contributed by atoms with Gasteiger partial charge in [-0.25, -0.2) is 0 Å². The number of nitrogens with two attached hydrogens (primary N) is 1. The monoisotopic (exact) mass is 280 g/mol. The molecular weight excluding hydrogens is 256 g/mol. The fourth-order valence-corrected chi connectivity index (χ4v) is 1.45. The summed E-state index contributed by atoms with van der Waals surface area (Å²) in [6.45, 7) is 6.33. The van der Waals surface area contributed by atoms with E-state index in [2.05, 4.69) is 15.4 Å². The predicted octanol–water partition coefficient (Wildman–Crippen LogP) is 1.24. The van der Waals surface area contributed by atoms with Crippen LogP contribution >= 0.6 is 0 Å². The maximum atomic E-state index is 7.57. The summed E-state index contributed by atoms with van der Waals surface area (Å²) in [5, 5.41) is 25.7. The molecule has 0 saturated carbocycles. The van der Waals surface area contributed by atoms with Crippen LogP contribution in [0.4, 0.5) is 0 Å². The van der Waals surface area contributed by atoms with Gasteiger partial charge in [0.2, 0.25) is 0 Å². The van der Waals surface area contributed by atoms with Crippen molar-refractivity contribution in [2.75, 3.05) is 13.2 Å². The molecule has 0 fully saturated rings. The standard InChI is InChI=1S/C10H12N4.2C2H6O/c1-7-4-2-3-5-8(7)10-9(6-11)12-14-13-10;2*1-2-3/h2-5H,6,11H2,1H3,(H,12,13,14);2*3H,2H2,1H3. The van der Waals surface area contributed by atoms with Gasteiger partial charge in [-0.1, -0.05) is 29.5 Å². The molecule has 0 bridgehead atoms. The lowest BCUT2D eigenvalue weighted by Gasteiger charge is -2.02. The van der Waals surface area contributed by atoms with E-state index < -0.39 is 0 Å². The van der Waals surface area contributed by atoms with Crippen LogP contribution in [0.2, 0.25) is 0 Å². The average molecular weight is 280 g/mol. The van der Waals surface area contributed by atoms with Crippen molar-refractivity contribution in [1.29, 1.82) is 0 Å². The average Bonchev–Trinajstić information content (AvgIpc) is 2.89. The Balaban J connectivity index is 0.000000520. The molecule has 2 rings (SSSR count). The molecule has 0 aliphatic heterocycles. The fourth-order valence-electron chi connectivity index (χ4n) is 1.45. The minimum atomic E-state index is 0.250. The highest BCUT2D eigenvalue weighted by Gasteiger charge is 2.09. The van der Waals surface area contributed by atoms with Gasteiger partial charge in [0.05, 0.1) is 5.69 Å². The molecule has 0 amide bonds. The van der Waals surface area contributed by atoms with Crippen LogP contribution in [-0.4, -0.2) is 38.8 Å². The Hall–Kier alpha value is -1.76. The molecule has 6 heteroatoms. The van der Waals surface area contributed by atoms with Gasteiger partial charge < -0.3 is 15.9 Å². The van der Waals surface area contributed by atoms with Crippen LogP contribution in [0.15, 0.2) is 24.3 Å². The zero-order valence-corrected chi connectivity index (χ0v) is 12.3. The van der Waals surface area contributed by atoms with Crippen LogP contribution in [-0.2, 0) is 6.54 Å². The largest absolute Gasteiger partial charge is 0.397 e. The third kappa shape index (κ3) is 5.92. The van der Waals surface area contributed by atoms with Crippen LogP contribution < -0.4 is 5.73 Å². The maximum Gasteiger partial charge on any atom is 0.117 e. The number of aromatic nitrogens is 3. The maximum absolute atomic E-state index is 7.57. The molecule has 1 aromatic heterocycles. The molecule has 5 N–H and O–H groups in total. The van der Waals surface area contributed by atoms with Crippen molar-refractivity contribution in [1.82, 2.24) is 15.4 Å². The number of H-pyrrole nitrogens is 1. The molecule has 20 heavy (non-hydrogen) atoms. The normalized spacial score (nSPS) is 9.10. The van der Waals surface area contributed by atoms with E-state index in [1.165, 1.54) is 5.56 Å². The van der Waals surface area contributed by atoms with Crippen LogP contribution in [0, 0.1) is 6.92 Å². The molecule has 0 unspecified atom stereocenters. The van der Waals surface area contributed by atoms with E-state index in [1.54, 1.807) is 13.8 Å². The smallest absolute Gasteiger partial charge is 0.117 e. The van der Waals surface area contributed by atoms with Gasteiger partial charge in [0.15, 0.2) is 0 Å². The molecule has 0 aliphatic carbocycles. The molecule has 0 spiro atoms. The number of aryl methyl sites for hydroxylation is 1. The van der Waals surface area contributed by atoms with Crippen molar-refractivity contribution in [3.8, 4) is 11.3 Å². The van der Waals surface area contributed by atoms with Gasteiger partial charge in [0, 0.05) is 25.3 Å². The van der Waals surface area contributed by atoms with Crippen LogP contribution in [0.25, 0.3) is 11.3 Å². The zero-order chi connectivity index (χ0) is 15.4. The first-order valence-corrected chi connectivity index (χ1v) is 6.53. The molecule has 0 saturated heterocycles. The van der Waals surface area contributed by atoms with Gasteiger partial charge in [-0.3, -0.25) is 5.10 Å². The SMILES string of the molecule is CCO.CCO.Cc1ccccc1-c1nn[nH]c1CN. The Morgan fingerprint density at radius 3 is 2.20 bits per heavy atom. The number of aliphatic hydroxyl groups excluding tert-OH is 2. The van der Waals surface area contributed by atoms with Gasteiger partial charge in [0.25, 0.3) is 0 Å². The van der Waals surface area contributed by atoms with Crippen molar-refractivity contribution in [3.63, 3.8) is 0 Å². The van der Waals surface area contributed by atoms with E-state index >= 15 is 0 Å². The van der Waals surface area contributed by atoms with E-state index in [0.29, 0.717) is 6.54 Å². The lowest BCUT2D eigenvalue weighted by molar-refractivity contribution is 0.318. The second kappa shape index (κ2) is 11.1. The van der Waals surface area contributed by atoms with E-state index in [-0.39, 0.29) is 13.2 Å². The lowest BCUT2D eigenvalue weighted by atomic mass is 10.0. The minimum Gasteiger partial charge on any atom is -0.397 e. The summed E-state index contributed by atoms with van der Waals surface area (Å²) in [7, 11) is 0. The van der Waals surface area contributed by atoms with Crippen LogP contribution in [0.1, 0.15) is 25.1 Å². The molecule has 1 heterocycles. The Morgan fingerprint density at radius 1 is 1.15 bits per heavy atom. The molecule has 1 aromatic carbocycles. The zero-order valence-electron chi connectivity index (χ0n) is 12.3. The third-order valence-corrected chi connectivity index (χ3v) is 2.23. The summed E-state index contributed by atoms with van der Waals surface area (Å²) in [4.78, 5) is 0. The second-order valence-corrected chi connectivity index (χ2v) is 3.79. The predicted molar refractivity (Wildman–Crippen MR) is 80.0 cm³/mol. The summed E-state index contributed by atoms with van der Waals surface area (Å²) >= 11 is 0. The molecule has 0 radical (unpaired) electrons. The molecule has 112 valence electrons. The van der Waals surface area contributed by atoms with E-state index in [9.17, 15) is 0 Å². The number of aliphatic hydroxyl groups is 2. The molecule has 0 atom stereocenters. The van der Waals surface area contributed by atoms with Gasteiger partial charge in [-0.2, -0.15) is 0 Å². The first-order valence-electron chi connectivity index (χ1n) is 6.53. The van der Waals surface area contributed by atoms with Crippen molar-refractivity contribution in [3.05, 3.63) is 35.5 Å². The number of hydrogen-bond donors (Lipinski definition) is 4. The molecule has 0 aliphatic rings. The highest BCUT2D eigenvalue weighted by atomic mass is 16.3. The molecule has 6 nitrogen and oxygen atoms in total. The van der Waals surface area contributed by atoms with Crippen LogP contribution in [0.5, 0.6) is 0 Å². The topological polar surface area (TPSA) is 108 Å². The summed E-state index contributed by atoms with van der Waals surface area (Å²) in [6, 6.07) is 8.05. The number of nitrogens with one attached hydrogen (secondary N) is 1. The Bertz CT molecular complexity index is 470. The van der Waals surface area contributed by atoms with Gasteiger partial charge in [-0.05, 0) is 26.3 Å². The summed E-state index contributed by atoms with van der Waals surface area (Å²) in [5.41, 5.74) is 9.56. The Labute approximate surface area is 119 Å². The lowest BCUT2D eigenvalue weighted by Crippen LogP contribution is -1.99. The minimum absolute atomic E-state index is 0.250. The molecule has 2 aromatic rings. The molecular formula is C14H24N4O2.